The largest absolute Gasteiger partial charge is 0.494 e. The number of hydrogen-bond donors (Lipinski definition) is 2. The van der Waals surface area contributed by atoms with Crippen molar-refractivity contribution in [2.24, 2.45) is 0 Å². The summed E-state index contributed by atoms with van der Waals surface area (Å²) in [6.45, 7) is 11.5. The van der Waals surface area contributed by atoms with Crippen LogP contribution in [0.1, 0.15) is 13.8 Å². The van der Waals surface area contributed by atoms with Crippen molar-refractivity contribution in [2.75, 3.05) is 62.2 Å². The third-order valence-corrected chi connectivity index (χ3v) is 9.77. The summed E-state index contributed by atoms with van der Waals surface area (Å²) in [4.78, 5) is 23.0. The fourth-order valence-electron chi connectivity index (χ4n) is 5.58. The predicted molar refractivity (Wildman–Crippen MR) is 171 cm³/mol. The predicted octanol–water partition coefficient (Wildman–Crippen LogP) is 5.22. The molecule has 42 heavy (non-hydrogen) atoms. The smallest absolute Gasteiger partial charge is 0.229 e. The van der Waals surface area contributed by atoms with Gasteiger partial charge in [-0.15, -0.1) is 0 Å². The van der Waals surface area contributed by atoms with E-state index in [1.165, 1.54) is 0 Å². The summed E-state index contributed by atoms with van der Waals surface area (Å²) in [5, 5.41) is 7.27. The van der Waals surface area contributed by atoms with E-state index in [2.05, 4.69) is 65.2 Å². The Morgan fingerprint density at radius 2 is 1.90 bits per heavy atom. The molecule has 2 aliphatic rings. The molecule has 0 spiro atoms. The van der Waals surface area contributed by atoms with Gasteiger partial charge < -0.3 is 29.6 Å². The normalized spacial score (nSPS) is 17.0. The molecule has 0 radical (unpaired) electrons. The molecule has 0 amide bonds. The van der Waals surface area contributed by atoms with Crippen LogP contribution < -0.4 is 30.3 Å². The van der Waals surface area contributed by atoms with E-state index < -0.39 is 7.14 Å². The Bertz CT molecular complexity index is 1700. The number of rotatable bonds is 7. The first kappa shape index (κ1) is 28.6. The molecule has 0 saturated carbocycles. The molecule has 6 rings (SSSR count). The highest BCUT2D eigenvalue weighted by atomic mass is 79.9. The van der Waals surface area contributed by atoms with Crippen LogP contribution in [-0.2, 0) is 4.57 Å². The van der Waals surface area contributed by atoms with Gasteiger partial charge in [0.15, 0.2) is 0 Å². The average Bonchev–Trinajstić information content (AvgIpc) is 2.97. The monoisotopic (exact) mass is 652 g/mol. The van der Waals surface area contributed by atoms with Crippen molar-refractivity contribution in [1.29, 1.82) is 0 Å². The number of anilines is 5. The highest BCUT2D eigenvalue weighted by Crippen LogP contribution is 2.44. The maximum atomic E-state index is 13.4. The molecule has 2 N–H and O–H groups in total. The standard InChI is InChI=1S/C29H34BrN8O3P/c1-17(2)37-10-11-38-18(15-37)16-41-25-12-22(24(40-3)13-23(25)38)35-29-33-14-19(30)28(36-29)34-21-7-6-20-26(32-9-8-31-20)27(21)42(4,5)39/h6-9,12-14,17-18H,10-11,15-16H2,1-5H3,(H2,33,34,35,36)/t18-/m1/s1. The molecule has 2 aromatic carbocycles. The van der Waals surface area contributed by atoms with Crippen molar-refractivity contribution in [3.8, 4) is 11.5 Å². The Labute approximate surface area is 253 Å². The van der Waals surface area contributed by atoms with Gasteiger partial charge in [0.2, 0.25) is 5.95 Å². The second-order valence-electron chi connectivity index (χ2n) is 11.1. The van der Waals surface area contributed by atoms with Gasteiger partial charge in [-0.25, -0.2) is 4.98 Å². The lowest BCUT2D eigenvalue weighted by molar-refractivity contribution is 0.142. The highest BCUT2D eigenvalue weighted by Gasteiger charge is 2.34. The molecule has 1 fully saturated rings. The summed E-state index contributed by atoms with van der Waals surface area (Å²) < 4.78 is 26.0. The summed E-state index contributed by atoms with van der Waals surface area (Å²) in [6, 6.07) is 8.48. The molecule has 0 aliphatic carbocycles. The molecule has 1 atom stereocenters. The van der Waals surface area contributed by atoms with E-state index in [1.807, 2.05) is 24.3 Å². The van der Waals surface area contributed by atoms with Crippen molar-refractivity contribution in [3.63, 3.8) is 0 Å². The zero-order valence-electron chi connectivity index (χ0n) is 24.3. The van der Waals surface area contributed by atoms with Gasteiger partial charge in [-0.2, -0.15) is 4.98 Å². The third-order valence-electron chi connectivity index (χ3n) is 7.66. The van der Waals surface area contributed by atoms with Crippen LogP contribution in [0.5, 0.6) is 11.5 Å². The molecule has 4 heterocycles. The first-order chi connectivity index (χ1) is 20.1. The molecular weight excluding hydrogens is 619 g/mol. The zero-order chi connectivity index (χ0) is 29.6. The van der Waals surface area contributed by atoms with Crippen LogP contribution >= 0.6 is 23.1 Å². The molecule has 1 saturated heterocycles. The number of methoxy groups -OCH3 is 1. The minimum Gasteiger partial charge on any atom is -0.494 e. The van der Waals surface area contributed by atoms with Gasteiger partial charge in [0.05, 0.1) is 45.5 Å². The fraction of sp³-hybridized carbons (Fsp3) is 0.379. The van der Waals surface area contributed by atoms with E-state index in [1.54, 1.807) is 39.0 Å². The minimum atomic E-state index is -2.74. The first-order valence-corrected chi connectivity index (χ1v) is 17.2. The molecule has 220 valence electrons. The quantitative estimate of drug-likeness (QED) is 0.256. The van der Waals surface area contributed by atoms with Gasteiger partial charge in [0, 0.05) is 56.4 Å². The summed E-state index contributed by atoms with van der Waals surface area (Å²) in [7, 11) is -1.09. The number of aromatic nitrogens is 4. The van der Waals surface area contributed by atoms with Crippen molar-refractivity contribution in [1.82, 2.24) is 24.8 Å². The van der Waals surface area contributed by atoms with E-state index in [-0.39, 0.29) is 0 Å². The van der Waals surface area contributed by atoms with Gasteiger partial charge in [-0.05, 0) is 55.2 Å². The lowest BCUT2D eigenvalue weighted by Crippen LogP contribution is -2.58. The van der Waals surface area contributed by atoms with E-state index in [4.69, 9.17) is 14.5 Å². The number of halogens is 1. The second-order valence-corrected chi connectivity index (χ2v) is 15.1. The topological polar surface area (TPSA) is 118 Å². The molecule has 0 unspecified atom stereocenters. The van der Waals surface area contributed by atoms with Gasteiger partial charge >= 0.3 is 0 Å². The van der Waals surface area contributed by atoms with Gasteiger partial charge in [0.25, 0.3) is 0 Å². The number of piperazine rings is 1. The summed E-state index contributed by atoms with van der Waals surface area (Å²) in [5.74, 6) is 2.33. The lowest BCUT2D eigenvalue weighted by Gasteiger charge is -2.46. The Balaban J connectivity index is 1.29. The van der Waals surface area contributed by atoms with Crippen LogP contribution in [0.25, 0.3) is 11.0 Å². The summed E-state index contributed by atoms with van der Waals surface area (Å²) in [6.07, 6.45) is 4.89. The highest BCUT2D eigenvalue weighted by molar-refractivity contribution is 9.10. The maximum absolute atomic E-state index is 13.4. The SMILES string of the molecule is COc1cc2c(cc1Nc1ncc(Br)c(Nc3ccc4nccnc4c3P(C)(C)=O)n1)OC[C@H]1CN(C(C)C)CCN21. The molecule has 2 aromatic heterocycles. The van der Waals surface area contributed by atoms with E-state index >= 15 is 0 Å². The van der Waals surface area contributed by atoms with Crippen LogP contribution in [0, 0.1) is 0 Å². The van der Waals surface area contributed by atoms with Gasteiger partial charge in [0.1, 0.15) is 36.6 Å². The Morgan fingerprint density at radius 1 is 1.10 bits per heavy atom. The molecule has 2 aliphatic heterocycles. The number of hydrogen-bond acceptors (Lipinski definition) is 11. The molecular formula is C29H34BrN8O3P. The van der Waals surface area contributed by atoms with Crippen LogP contribution in [0.15, 0.2) is 47.3 Å². The van der Waals surface area contributed by atoms with Crippen LogP contribution in [-0.4, -0.2) is 83.6 Å². The first-order valence-electron chi connectivity index (χ1n) is 13.8. The molecule has 0 bridgehead atoms. The minimum absolute atomic E-state index is 0.299. The Hall–Kier alpha value is -3.47. The van der Waals surface area contributed by atoms with Crippen LogP contribution in [0.3, 0.4) is 0 Å². The van der Waals surface area contributed by atoms with E-state index in [9.17, 15) is 4.57 Å². The second kappa shape index (κ2) is 11.3. The van der Waals surface area contributed by atoms with E-state index in [0.717, 1.165) is 31.1 Å². The number of nitrogens with one attached hydrogen (secondary N) is 2. The van der Waals surface area contributed by atoms with Crippen molar-refractivity contribution in [3.05, 3.63) is 47.3 Å². The molecule has 13 heteroatoms. The fourth-order valence-corrected chi connectivity index (χ4v) is 7.26. The summed E-state index contributed by atoms with van der Waals surface area (Å²) in [5.41, 5.74) is 3.66. The van der Waals surface area contributed by atoms with Crippen molar-refractivity contribution < 1.29 is 14.0 Å². The number of benzene rings is 2. The Kier molecular flexibility index (Phi) is 7.72. The molecule has 11 nitrogen and oxygen atoms in total. The average molecular weight is 654 g/mol. The van der Waals surface area contributed by atoms with Gasteiger partial charge in [-0.1, -0.05) is 0 Å². The summed E-state index contributed by atoms with van der Waals surface area (Å²) >= 11 is 3.56. The van der Waals surface area contributed by atoms with Crippen molar-refractivity contribution in [2.45, 2.75) is 25.9 Å². The van der Waals surface area contributed by atoms with E-state index in [0.29, 0.717) is 68.4 Å². The number of ether oxygens (including phenoxy) is 2. The molecule has 4 aromatic rings. The lowest BCUT2D eigenvalue weighted by atomic mass is 10.1. The maximum Gasteiger partial charge on any atom is 0.229 e. The Morgan fingerprint density at radius 3 is 2.67 bits per heavy atom. The third kappa shape index (κ3) is 5.50. The number of nitrogens with zero attached hydrogens (tertiary/aromatic N) is 6. The van der Waals surface area contributed by atoms with Crippen LogP contribution in [0.2, 0.25) is 0 Å². The zero-order valence-corrected chi connectivity index (χ0v) is 26.7. The van der Waals surface area contributed by atoms with Crippen molar-refractivity contribution >= 4 is 68.2 Å². The van der Waals surface area contributed by atoms with Crippen LogP contribution in [0.4, 0.5) is 28.8 Å². The number of fused-ring (bicyclic) bond motifs is 4. The van der Waals surface area contributed by atoms with Gasteiger partial charge in [-0.3, -0.25) is 14.9 Å².